The van der Waals surface area contributed by atoms with Crippen LogP contribution in [0.5, 0.6) is 11.5 Å². The van der Waals surface area contributed by atoms with Crippen molar-refractivity contribution >= 4 is 29.4 Å². The van der Waals surface area contributed by atoms with Gasteiger partial charge in [0.15, 0.2) is 11.6 Å². The van der Waals surface area contributed by atoms with E-state index in [2.05, 4.69) is 0 Å². The molecule has 9 heteroatoms. The van der Waals surface area contributed by atoms with E-state index in [1.54, 1.807) is 25.1 Å². The Labute approximate surface area is 229 Å². The molecule has 2 aromatic carbocycles. The van der Waals surface area contributed by atoms with Crippen molar-refractivity contribution in [2.75, 3.05) is 0 Å². The molecule has 0 unspecified atom stereocenters. The number of rotatable bonds is 4. The molecule has 1 saturated heterocycles. The van der Waals surface area contributed by atoms with Crippen LogP contribution >= 0.6 is 0 Å². The summed E-state index contributed by atoms with van der Waals surface area (Å²) in [5.41, 5.74) is 8.15. The first-order chi connectivity index (χ1) is 19.2. The first kappa shape index (κ1) is 25.5. The van der Waals surface area contributed by atoms with Crippen molar-refractivity contribution in [1.82, 2.24) is 4.90 Å². The van der Waals surface area contributed by atoms with Gasteiger partial charge in [0.05, 0.1) is 11.8 Å². The van der Waals surface area contributed by atoms with E-state index in [0.717, 1.165) is 5.56 Å². The first-order valence-electron chi connectivity index (χ1n) is 13.0. The number of hydrogen-bond acceptors (Lipinski definition) is 7. The minimum Gasteiger partial charge on any atom is -0.507 e. The monoisotopic (exact) mass is 538 g/mol. The second kappa shape index (κ2) is 9.44. The van der Waals surface area contributed by atoms with Crippen LogP contribution in [0.3, 0.4) is 0 Å². The molecule has 0 spiro atoms. The van der Waals surface area contributed by atoms with Gasteiger partial charge in [0.2, 0.25) is 11.8 Å². The van der Waals surface area contributed by atoms with E-state index in [-0.39, 0.29) is 53.5 Å². The van der Waals surface area contributed by atoms with E-state index in [4.69, 9.17) is 10.5 Å². The summed E-state index contributed by atoms with van der Waals surface area (Å²) in [4.78, 5) is 65.2. The minimum absolute atomic E-state index is 0.0673. The van der Waals surface area contributed by atoms with Crippen LogP contribution in [-0.2, 0) is 25.8 Å². The molecule has 9 nitrogen and oxygen atoms in total. The standard InChI is InChI=1S/C31H26N2O7/c1-15-11-23(34)22-13-21-18(9-10-20-26(21)30(38)33(29(20)37)31(32)39)25(27(22)28(15)36)19-8-7-17(12-24(19)35)40-14-16-5-3-2-4-6-16/h2-9,11-12,20-21,25-26,35H,10,13-14H2,1H3,(H2,32,39)/t20-,21+,25+,26-/m0/s1. The van der Waals surface area contributed by atoms with E-state index >= 15 is 0 Å². The lowest BCUT2D eigenvalue weighted by Crippen LogP contribution is -2.42. The fourth-order valence-electron chi connectivity index (χ4n) is 6.53. The fraction of sp³-hybridized carbons (Fsp3) is 0.258. The van der Waals surface area contributed by atoms with Gasteiger partial charge in [0.25, 0.3) is 0 Å². The molecule has 0 saturated carbocycles. The number of benzene rings is 2. The SMILES string of the molecule is CC1=CC(=O)C2=C(C1=O)[C@@H](c1ccc(OCc3ccccc3)cc1O)C1=CC[C@@H]3C(=O)N(C(N)=O)C(=O)[C@@H]3[C@@H]1C2. The number of carbonyl (C=O) groups excluding carboxylic acids is 5. The molecule has 0 bridgehead atoms. The summed E-state index contributed by atoms with van der Waals surface area (Å²) in [6.07, 6.45) is 3.32. The highest BCUT2D eigenvalue weighted by molar-refractivity contribution is 6.24. The number of urea groups is 1. The molecule has 1 fully saturated rings. The van der Waals surface area contributed by atoms with Gasteiger partial charge in [0, 0.05) is 34.3 Å². The third-order valence-electron chi connectivity index (χ3n) is 8.35. The number of fused-ring (bicyclic) bond motifs is 3. The fourth-order valence-corrected chi connectivity index (χ4v) is 6.53. The maximum Gasteiger partial charge on any atom is 0.328 e. The number of ether oxygens (including phenoxy) is 1. The van der Waals surface area contributed by atoms with Crippen molar-refractivity contribution in [3.05, 3.63) is 94.1 Å². The van der Waals surface area contributed by atoms with Crippen molar-refractivity contribution in [3.63, 3.8) is 0 Å². The highest BCUT2D eigenvalue weighted by atomic mass is 16.5. The van der Waals surface area contributed by atoms with Gasteiger partial charge in [0.1, 0.15) is 18.1 Å². The van der Waals surface area contributed by atoms with Crippen molar-refractivity contribution in [2.24, 2.45) is 23.5 Å². The normalized spacial score (nSPS) is 25.7. The molecule has 1 heterocycles. The summed E-state index contributed by atoms with van der Waals surface area (Å²) >= 11 is 0. The number of phenolic OH excluding ortho intramolecular Hbond substituents is 1. The Morgan fingerprint density at radius 3 is 2.50 bits per heavy atom. The van der Waals surface area contributed by atoms with Crippen LogP contribution in [0.4, 0.5) is 4.79 Å². The number of nitrogens with two attached hydrogens (primary N) is 1. The molecular weight excluding hydrogens is 512 g/mol. The topological polar surface area (TPSA) is 144 Å². The van der Waals surface area contributed by atoms with Gasteiger partial charge in [-0.1, -0.05) is 48.0 Å². The molecule has 3 aliphatic carbocycles. The van der Waals surface area contributed by atoms with E-state index in [0.29, 0.717) is 21.8 Å². The Morgan fingerprint density at radius 1 is 1.05 bits per heavy atom. The molecule has 2 aromatic rings. The maximum atomic E-state index is 13.5. The molecule has 0 radical (unpaired) electrons. The number of aromatic hydroxyl groups is 1. The van der Waals surface area contributed by atoms with Gasteiger partial charge in [-0.2, -0.15) is 4.90 Å². The van der Waals surface area contributed by atoms with E-state index in [9.17, 15) is 29.1 Å². The minimum atomic E-state index is -1.13. The highest BCUT2D eigenvalue weighted by Gasteiger charge is 2.57. The van der Waals surface area contributed by atoms with Crippen LogP contribution in [0.1, 0.15) is 36.8 Å². The molecule has 1 aliphatic heterocycles. The summed E-state index contributed by atoms with van der Waals surface area (Å²) in [6, 6.07) is 13.2. The smallest absolute Gasteiger partial charge is 0.328 e. The molecule has 4 atom stereocenters. The number of hydrogen-bond donors (Lipinski definition) is 2. The quantitative estimate of drug-likeness (QED) is 0.345. The van der Waals surface area contributed by atoms with Crippen molar-refractivity contribution in [2.45, 2.75) is 32.3 Å². The molecule has 6 rings (SSSR count). The molecule has 3 N–H and O–H groups in total. The summed E-state index contributed by atoms with van der Waals surface area (Å²) in [6.45, 7) is 1.86. The number of likely N-dealkylation sites (tertiary alicyclic amines) is 1. The lowest BCUT2D eigenvalue weighted by Gasteiger charge is -2.42. The van der Waals surface area contributed by atoms with Gasteiger partial charge in [-0.15, -0.1) is 0 Å². The number of carbonyl (C=O) groups is 5. The molecular formula is C31H26N2O7. The summed E-state index contributed by atoms with van der Waals surface area (Å²) < 4.78 is 5.85. The lowest BCUT2D eigenvalue weighted by atomic mass is 9.59. The Kier molecular flexibility index (Phi) is 6.02. The summed E-state index contributed by atoms with van der Waals surface area (Å²) in [5.74, 6) is -4.85. The van der Waals surface area contributed by atoms with Gasteiger partial charge in [-0.25, -0.2) is 4.79 Å². The van der Waals surface area contributed by atoms with Gasteiger partial charge >= 0.3 is 6.03 Å². The van der Waals surface area contributed by atoms with Crippen LogP contribution in [0.2, 0.25) is 0 Å². The maximum absolute atomic E-state index is 13.5. The van der Waals surface area contributed by atoms with Crippen LogP contribution in [0.25, 0.3) is 0 Å². The van der Waals surface area contributed by atoms with Gasteiger partial charge < -0.3 is 15.6 Å². The van der Waals surface area contributed by atoms with Crippen LogP contribution < -0.4 is 10.5 Å². The third-order valence-corrected chi connectivity index (χ3v) is 8.35. The second-order valence-electron chi connectivity index (χ2n) is 10.6. The molecule has 0 aromatic heterocycles. The van der Waals surface area contributed by atoms with Crippen LogP contribution in [0.15, 0.2) is 83.0 Å². The number of phenols is 1. The van der Waals surface area contributed by atoms with Crippen molar-refractivity contribution in [3.8, 4) is 11.5 Å². The number of Topliss-reactive ketones (excluding diaryl/α,β-unsaturated/α-hetero) is 1. The number of imide groups is 3. The number of amides is 4. The zero-order valence-corrected chi connectivity index (χ0v) is 21.6. The second-order valence-corrected chi connectivity index (χ2v) is 10.6. The summed E-state index contributed by atoms with van der Waals surface area (Å²) in [7, 11) is 0. The molecule has 40 heavy (non-hydrogen) atoms. The average molecular weight is 539 g/mol. The Balaban J connectivity index is 1.42. The predicted molar refractivity (Wildman–Crippen MR) is 142 cm³/mol. The Hall–Kier alpha value is -4.79. The third kappa shape index (κ3) is 3.88. The van der Waals surface area contributed by atoms with Crippen molar-refractivity contribution in [1.29, 1.82) is 0 Å². The Morgan fingerprint density at radius 2 is 1.80 bits per heavy atom. The zero-order chi connectivity index (χ0) is 28.3. The molecule has 4 amide bonds. The number of allylic oxidation sites excluding steroid dienone is 6. The van der Waals surface area contributed by atoms with E-state index < -0.39 is 41.5 Å². The first-order valence-corrected chi connectivity index (χ1v) is 13.0. The average Bonchev–Trinajstić information content (AvgIpc) is 3.20. The highest BCUT2D eigenvalue weighted by Crippen LogP contribution is 2.56. The predicted octanol–water partition coefficient (Wildman–Crippen LogP) is 3.48. The number of ketones is 2. The summed E-state index contributed by atoms with van der Waals surface area (Å²) in [5, 5.41) is 11.2. The van der Waals surface area contributed by atoms with E-state index in [1.807, 2.05) is 30.3 Å². The van der Waals surface area contributed by atoms with Gasteiger partial charge in [-0.3, -0.25) is 19.2 Å². The lowest BCUT2D eigenvalue weighted by molar-refractivity contribution is -0.136. The zero-order valence-electron chi connectivity index (χ0n) is 21.6. The molecule has 202 valence electrons. The molecule has 4 aliphatic rings. The number of primary amides is 1. The van der Waals surface area contributed by atoms with Crippen LogP contribution in [0, 0.1) is 17.8 Å². The van der Waals surface area contributed by atoms with Crippen LogP contribution in [-0.4, -0.2) is 39.4 Å². The van der Waals surface area contributed by atoms with Crippen molar-refractivity contribution < 1.29 is 33.8 Å². The number of nitrogens with zero attached hydrogens (tertiary/aromatic N) is 1. The largest absolute Gasteiger partial charge is 0.507 e. The van der Waals surface area contributed by atoms with Gasteiger partial charge in [-0.05, 0) is 43.4 Å². The Bertz CT molecular complexity index is 1600. The van der Waals surface area contributed by atoms with E-state index in [1.165, 1.54) is 12.1 Å².